The minimum absolute atomic E-state index is 0. The lowest BCUT2D eigenvalue weighted by Crippen LogP contribution is -2.22. The minimum Gasteiger partial charge on any atom is -0.383 e. The number of ether oxygens (including phenoxy) is 1. The molecule has 0 fully saturated rings. The van der Waals surface area contributed by atoms with Crippen molar-refractivity contribution in [1.82, 2.24) is 0 Å². The first-order valence-electron chi connectivity index (χ1n) is 8.19. The molecule has 4 N–H and O–H groups in total. The van der Waals surface area contributed by atoms with Crippen LogP contribution >= 0.6 is 24.0 Å². The smallest absolute Gasteiger partial charge is 0.193 e. The zero-order chi connectivity index (χ0) is 17.2. The lowest BCUT2D eigenvalue weighted by molar-refractivity contribution is 0.211. The summed E-state index contributed by atoms with van der Waals surface area (Å²) in [5, 5.41) is 6.39. The number of methoxy groups -OCH3 is 1. The zero-order valence-electron chi connectivity index (χ0n) is 14.8. The molecule has 0 atom stereocenters. The molecule has 0 heterocycles. The van der Waals surface area contributed by atoms with E-state index in [0.717, 1.165) is 29.9 Å². The Hall–Kier alpha value is -1.80. The Morgan fingerprint density at radius 2 is 1.60 bits per heavy atom. The van der Waals surface area contributed by atoms with E-state index in [0.29, 0.717) is 19.1 Å². The highest BCUT2D eigenvalue weighted by Crippen LogP contribution is 2.11. The molecule has 0 unspecified atom stereocenters. The highest BCUT2D eigenvalue weighted by molar-refractivity contribution is 14.0. The molecule has 0 aliphatic heterocycles. The zero-order valence-corrected chi connectivity index (χ0v) is 17.1. The molecule has 2 aromatic rings. The minimum atomic E-state index is 0. The Kier molecular flexibility index (Phi) is 9.94. The second-order valence-corrected chi connectivity index (χ2v) is 5.49. The fraction of sp³-hybridized carbons (Fsp3) is 0.316. The van der Waals surface area contributed by atoms with Crippen LogP contribution in [0.3, 0.4) is 0 Å². The molecule has 0 aliphatic rings. The summed E-state index contributed by atoms with van der Waals surface area (Å²) in [7, 11) is 1.69. The van der Waals surface area contributed by atoms with Crippen LogP contribution in [0, 0.1) is 0 Å². The first-order chi connectivity index (χ1) is 11.7. The van der Waals surface area contributed by atoms with E-state index in [1.165, 1.54) is 5.56 Å². The summed E-state index contributed by atoms with van der Waals surface area (Å²) in [6.45, 7) is 4.16. The van der Waals surface area contributed by atoms with Crippen LogP contribution in [0.25, 0.3) is 0 Å². The summed E-state index contributed by atoms with van der Waals surface area (Å²) in [5.41, 5.74) is 10.4. The number of nitrogens with two attached hydrogens (primary N) is 1. The molecule has 0 saturated heterocycles. The molecule has 0 bridgehead atoms. The quantitative estimate of drug-likeness (QED) is 0.245. The predicted octanol–water partition coefficient (Wildman–Crippen LogP) is 3.85. The van der Waals surface area contributed by atoms with Gasteiger partial charge in [0, 0.05) is 25.0 Å². The maximum Gasteiger partial charge on any atom is 0.193 e. The summed E-state index contributed by atoms with van der Waals surface area (Å²) < 4.78 is 5.01. The van der Waals surface area contributed by atoms with E-state index in [-0.39, 0.29) is 24.0 Å². The van der Waals surface area contributed by atoms with Gasteiger partial charge in [0.2, 0.25) is 0 Å². The first kappa shape index (κ1) is 21.2. The fourth-order valence-electron chi connectivity index (χ4n) is 2.21. The number of benzene rings is 2. The Balaban J connectivity index is 0.00000312. The van der Waals surface area contributed by atoms with E-state index in [1.807, 2.05) is 36.4 Å². The van der Waals surface area contributed by atoms with E-state index in [2.05, 4.69) is 34.7 Å². The van der Waals surface area contributed by atoms with Crippen LogP contribution in [0.1, 0.15) is 18.1 Å². The molecule has 2 aromatic carbocycles. The van der Waals surface area contributed by atoms with Crippen LogP contribution in [0.2, 0.25) is 0 Å². The van der Waals surface area contributed by atoms with Crippen molar-refractivity contribution in [1.29, 1.82) is 0 Å². The molecule has 25 heavy (non-hydrogen) atoms. The molecule has 2 rings (SSSR count). The van der Waals surface area contributed by atoms with Crippen molar-refractivity contribution < 1.29 is 4.74 Å². The molecular weight excluding hydrogens is 427 g/mol. The second-order valence-electron chi connectivity index (χ2n) is 5.49. The number of halogens is 1. The Bertz CT molecular complexity index is 641. The maximum atomic E-state index is 5.95. The van der Waals surface area contributed by atoms with Crippen LogP contribution in [-0.2, 0) is 17.7 Å². The second kappa shape index (κ2) is 11.7. The highest BCUT2D eigenvalue weighted by Gasteiger charge is 1.97. The molecular formula is C19H27IN4O. The van der Waals surface area contributed by atoms with Gasteiger partial charge in [-0.3, -0.25) is 0 Å². The monoisotopic (exact) mass is 454 g/mol. The molecule has 0 radical (unpaired) electrons. The summed E-state index contributed by atoms with van der Waals surface area (Å²) in [6, 6.07) is 16.4. The molecule has 136 valence electrons. The third-order valence-electron chi connectivity index (χ3n) is 3.66. The van der Waals surface area contributed by atoms with Gasteiger partial charge >= 0.3 is 0 Å². The number of nitrogens with zero attached hydrogens (tertiary/aromatic N) is 1. The number of aliphatic imine (C=N–C) groups is 1. The number of guanidine groups is 1. The van der Waals surface area contributed by atoms with E-state index < -0.39 is 0 Å². The first-order valence-corrected chi connectivity index (χ1v) is 8.19. The third kappa shape index (κ3) is 7.74. The Morgan fingerprint density at radius 1 is 1.00 bits per heavy atom. The SMILES string of the molecule is CCc1ccc(NC(N)=NCc2ccc(NCCOC)cc2)cc1.I. The van der Waals surface area contributed by atoms with Crippen LogP contribution in [0.15, 0.2) is 53.5 Å². The van der Waals surface area contributed by atoms with Gasteiger partial charge in [0.15, 0.2) is 5.96 Å². The maximum absolute atomic E-state index is 5.95. The number of hydrogen-bond donors (Lipinski definition) is 3. The van der Waals surface area contributed by atoms with Crippen molar-refractivity contribution in [2.24, 2.45) is 10.7 Å². The van der Waals surface area contributed by atoms with Gasteiger partial charge < -0.3 is 21.1 Å². The van der Waals surface area contributed by atoms with Crippen LogP contribution in [0.5, 0.6) is 0 Å². The number of nitrogens with one attached hydrogen (secondary N) is 2. The standard InChI is InChI=1S/C19H26N4O.HI/c1-3-15-4-10-18(11-5-15)23-19(20)22-14-16-6-8-17(9-7-16)21-12-13-24-2;/h4-11,21H,3,12-14H2,1-2H3,(H3,20,22,23);1H. The van der Waals surface area contributed by atoms with Crippen molar-refractivity contribution in [3.63, 3.8) is 0 Å². The average Bonchev–Trinajstić information content (AvgIpc) is 2.62. The molecule has 6 heteroatoms. The van der Waals surface area contributed by atoms with Crippen molar-refractivity contribution in [2.45, 2.75) is 19.9 Å². The molecule has 0 amide bonds. The topological polar surface area (TPSA) is 71.7 Å². The van der Waals surface area contributed by atoms with E-state index in [1.54, 1.807) is 7.11 Å². The van der Waals surface area contributed by atoms with Crippen LogP contribution in [0.4, 0.5) is 11.4 Å². The molecule has 0 spiro atoms. The molecule has 0 aromatic heterocycles. The van der Waals surface area contributed by atoms with Gasteiger partial charge in [-0.05, 0) is 41.8 Å². The number of anilines is 2. The summed E-state index contributed by atoms with van der Waals surface area (Å²) in [5.74, 6) is 0.418. The fourth-order valence-corrected chi connectivity index (χ4v) is 2.21. The van der Waals surface area contributed by atoms with Gasteiger partial charge in [0.25, 0.3) is 0 Å². The van der Waals surface area contributed by atoms with Crippen LogP contribution < -0.4 is 16.4 Å². The lowest BCUT2D eigenvalue weighted by atomic mass is 10.1. The van der Waals surface area contributed by atoms with Gasteiger partial charge in [0.05, 0.1) is 13.2 Å². The number of hydrogen-bond acceptors (Lipinski definition) is 3. The summed E-state index contributed by atoms with van der Waals surface area (Å²) in [6.07, 6.45) is 1.03. The Morgan fingerprint density at radius 3 is 2.20 bits per heavy atom. The summed E-state index contributed by atoms with van der Waals surface area (Å²) >= 11 is 0. The predicted molar refractivity (Wildman–Crippen MR) is 117 cm³/mol. The lowest BCUT2D eigenvalue weighted by Gasteiger charge is -2.08. The van der Waals surface area contributed by atoms with Gasteiger partial charge in [0.1, 0.15) is 0 Å². The van der Waals surface area contributed by atoms with Gasteiger partial charge in [-0.25, -0.2) is 4.99 Å². The van der Waals surface area contributed by atoms with E-state index in [9.17, 15) is 0 Å². The molecule has 0 saturated carbocycles. The van der Waals surface area contributed by atoms with Gasteiger partial charge in [-0.2, -0.15) is 0 Å². The van der Waals surface area contributed by atoms with Gasteiger partial charge in [-0.1, -0.05) is 31.2 Å². The molecule has 0 aliphatic carbocycles. The third-order valence-corrected chi connectivity index (χ3v) is 3.66. The summed E-state index contributed by atoms with van der Waals surface area (Å²) in [4.78, 5) is 4.38. The van der Waals surface area contributed by atoms with Crippen molar-refractivity contribution in [2.75, 3.05) is 30.9 Å². The number of rotatable bonds is 8. The van der Waals surface area contributed by atoms with E-state index in [4.69, 9.17) is 10.5 Å². The highest BCUT2D eigenvalue weighted by atomic mass is 127. The Labute approximate surface area is 167 Å². The van der Waals surface area contributed by atoms with Crippen molar-refractivity contribution >= 4 is 41.3 Å². The normalized spacial score (nSPS) is 10.9. The largest absolute Gasteiger partial charge is 0.383 e. The van der Waals surface area contributed by atoms with Crippen molar-refractivity contribution in [3.8, 4) is 0 Å². The van der Waals surface area contributed by atoms with Crippen molar-refractivity contribution in [3.05, 3.63) is 59.7 Å². The number of aryl methyl sites for hydroxylation is 1. The molecule has 5 nitrogen and oxygen atoms in total. The van der Waals surface area contributed by atoms with Crippen LogP contribution in [-0.4, -0.2) is 26.2 Å². The average molecular weight is 454 g/mol. The van der Waals surface area contributed by atoms with Gasteiger partial charge in [-0.15, -0.1) is 24.0 Å². The van der Waals surface area contributed by atoms with E-state index >= 15 is 0 Å².